The van der Waals surface area contributed by atoms with Crippen LogP contribution < -0.4 is 10.6 Å². The highest BCUT2D eigenvalue weighted by molar-refractivity contribution is 6.06. The van der Waals surface area contributed by atoms with E-state index in [4.69, 9.17) is 5.73 Å². The maximum absolute atomic E-state index is 13.8. The summed E-state index contributed by atoms with van der Waals surface area (Å²) in [6.07, 6.45) is -3.17. The number of carbonyl (C=O) groups is 3. The van der Waals surface area contributed by atoms with Crippen LogP contribution in [0.2, 0.25) is 0 Å². The van der Waals surface area contributed by atoms with Crippen LogP contribution in [-0.2, 0) is 15.8 Å². The van der Waals surface area contributed by atoms with Crippen molar-refractivity contribution in [2.24, 2.45) is 5.73 Å². The molecule has 0 unspecified atom stereocenters. The molecular weight excluding hydrogens is 472 g/mol. The van der Waals surface area contributed by atoms with Crippen LogP contribution in [0.3, 0.4) is 0 Å². The van der Waals surface area contributed by atoms with E-state index in [9.17, 15) is 37.1 Å². The molecule has 2 aromatic carbocycles. The summed E-state index contributed by atoms with van der Waals surface area (Å²) in [6.45, 7) is 0. The smallest absolute Gasteiger partial charge is 0.417 e. The first-order valence-electron chi connectivity index (χ1n) is 10.0. The molecule has 1 aliphatic heterocycles. The van der Waals surface area contributed by atoms with Gasteiger partial charge in [0.25, 0.3) is 0 Å². The van der Waals surface area contributed by atoms with Crippen molar-refractivity contribution >= 4 is 23.5 Å². The number of carboxylic acid groups (broad SMARTS) is 1. The third-order valence-corrected chi connectivity index (χ3v) is 5.57. The Balaban J connectivity index is 1.94. The van der Waals surface area contributed by atoms with Crippen molar-refractivity contribution in [2.45, 2.75) is 18.5 Å². The Kier molecular flexibility index (Phi) is 5.89. The number of carboxylic acids is 1. The highest BCUT2D eigenvalue weighted by Gasteiger charge is 2.39. The van der Waals surface area contributed by atoms with Crippen molar-refractivity contribution < 1.29 is 37.1 Å². The zero-order chi connectivity index (χ0) is 25.5. The quantitative estimate of drug-likeness (QED) is 0.470. The number of aromatic nitrogens is 2. The van der Waals surface area contributed by atoms with Gasteiger partial charge >= 0.3 is 12.1 Å². The maximum Gasteiger partial charge on any atom is 0.417 e. The Hall–Kier alpha value is -4.48. The first-order chi connectivity index (χ1) is 16.5. The third kappa shape index (κ3) is 4.50. The number of aromatic amines is 1. The number of hydrogen-bond acceptors (Lipinski definition) is 4. The molecule has 1 aliphatic rings. The standard InChI is InChI=1S/C23H16F4N4O4/c24-12-3-1-11(2-4-12)13-8-20(32)31(10-16(13)22(34)35)19-9-17(23(25,26)27)14(21(28)33)7-15(19)18-5-6-29-30-18/h1-7,9-10,13H,8H2,(H2,28,33)(H,29,30)(H,34,35)/t13-/m0/s1. The minimum atomic E-state index is -5.00. The molecule has 0 bridgehead atoms. The molecule has 2 heterocycles. The SMILES string of the molecule is NC(=O)c1cc(-c2ccn[nH]2)c(N2C=C(C(=O)O)[C@H](c3ccc(F)cc3)CC2=O)cc1C(F)(F)F. The van der Waals surface area contributed by atoms with E-state index in [-0.39, 0.29) is 22.5 Å². The molecule has 1 aromatic heterocycles. The molecule has 35 heavy (non-hydrogen) atoms. The molecule has 1 atom stereocenters. The summed E-state index contributed by atoms with van der Waals surface area (Å²) >= 11 is 0. The van der Waals surface area contributed by atoms with E-state index in [1.54, 1.807) is 0 Å². The van der Waals surface area contributed by atoms with E-state index >= 15 is 0 Å². The average Bonchev–Trinajstić information content (AvgIpc) is 3.32. The van der Waals surface area contributed by atoms with Gasteiger partial charge in [0.05, 0.1) is 28.1 Å². The Morgan fingerprint density at radius 1 is 1.14 bits per heavy atom. The number of nitrogens with zero attached hydrogens (tertiary/aromatic N) is 2. The van der Waals surface area contributed by atoms with Crippen molar-refractivity contribution in [1.29, 1.82) is 0 Å². The van der Waals surface area contributed by atoms with Gasteiger partial charge in [-0.2, -0.15) is 18.3 Å². The van der Waals surface area contributed by atoms with Crippen LogP contribution in [0.25, 0.3) is 11.3 Å². The molecule has 0 saturated heterocycles. The molecular formula is C23H16F4N4O4. The van der Waals surface area contributed by atoms with Gasteiger partial charge in [-0.3, -0.25) is 19.6 Å². The zero-order valence-electron chi connectivity index (χ0n) is 17.6. The van der Waals surface area contributed by atoms with E-state index in [1.165, 1.54) is 24.4 Å². The number of alkyl halides is 3. The minimum absolute atomic E-state index is 0.0288. The number of carbonyl (C=O) groups excluding carboxylic acids is 2. The molecule has 8 nitrogen and oxygen atoms in total. The number of hydrogen-bond donors (Lipinski definition) is 3. The lowest BCUT2D eigenvalue weighted by Crippen LogP contribution is -2.35. The third-order valence-electron chi connectivity index (χ3n) is 5.57. The van der Waals surface area contributed by atoms with Crippen molar-refractivity contribution in [2.75, 3.05) is 4.90 Å². The van der Waals surface area contributed by atoms with Gasteiger partial charge in [0.15, 0.2) is 0 Å². The molecule has 2 amide bonds. The van der Waals surface area contributed by atoms with Crippen LogP contribution in [0.4, 0.5) is 23.2 Å². The number of benzene rings is 2. The first-order valence-corrected chi connectivity index (χ1v) is 10.0. The van der Waals surface area contributed by atoms with Gasteiger partial charge in [0.2, 0.25) is 11.8 Å². The van der Waals surface area contributed by atoms with E-state index < -0.39 is 53.2 Å². The zero-order valence-corrected chi connectivity index (χ0v) is 17.6. The van der Waals surface area contributed by atoms with E-state index in [1.807, 2.05) is 0 Å². The molecule has 0 spiro atoms. The van der Waals surface area contributed by atoms with Crippen molar-refractivity contribution in [1.82, 2.24) is 10.2 Å². The predicted molar refractivity (Wildman–Crippen MR) is 115 cm³/mol. The second-order valence-corrected chi connectivity index (χ2v) is 7.71. The van der Waals surface area contributed by atoms with Gasteiger partial charge in [0, 0.05) is 30.3 Å². The first kappa shape index (κ1) is 23.7. The fourth-order valence-electron chi connectivity index (χ4n) is 3.93. The van der Waals surface area contributed by atoms with Crippen LogP contribution in [0.1, 0.15) is 33.8 Å². The van der Waals surface area contributed by atoms with Crippen LogP contribution in [0, 0.1) is 5.82 Å². The van der Waals surface area contributed by atoms with E-state index in [0.29, 0.717) is 11.6 Å². The van der Waals surface area contributed by atoms with Crippen LogP contribution in [0.15, 0.2) is 60.4 Å². The summed E-state index contributed by atoms with van der Waals surface area (Å²) < 4.78 is 54.7. The van der Waals surface area contributed by atoms with Gasteiger partial charge < -0.3 is 10.8 Å². The fraction of sp³-hybridized carbons (Fsp3) is 0.130. The topological polar surface area (TPSA) is 129 Å². The lowest BCUT2D eigenvalue weighted by molar-refractivity contribution is -0.138. The van der Waals surface area contributed by atoms with E-state index in [0.717, 1.165) is 29.3 Å². The number of nitrogens with one attached hydrogen (secondary N) is 1. The molecule has 0 aliphatic carbocycles. The number of halogens is 4. The Bertz CT molecular complexity index is 1350. The highest BCUT2D eigenvalue weighted by atomic mass is 19.4. The number of H-pyrrole nitrogens is 1. The summed E-state index contributed by atoms with van der Waals surface area (Å²) in [5.41, 5.74) is 2.83. The summed E-state index contributed by atoms with van der Waals surface area (Å²) in [4.78, 5) is 37.8. The summed E-state index contributed by atoms with van der Waals surface area (Å²) in [6, 6.07) is 7.73. The predicted octanol–water partition coefficient (Wildman–Crippen LogP) is 3.82. The van der Waals surface area contributed by atoms with Gasteiger partial charge in [0.1, 0.15) is 5.82 Å². The molecule has 0 fully saturated rings. The van der Waals surface area contributed by atoms with Crippen LogP contribution in [-0.4, -0.2) is 33.1 Å². The number of rotatable bonds is 5. The fourth-order valence-corrected chi connectivity index (χ4v) is 3.93. The molecule has 3 aromatic rings. The van der Waals surface area contributed by atoms with Crippen molar-refractivity contribution in [3.8, 4) is 11.3 Å². The molecule has 12 heteroatoms. The lowest BCUT2D eigenvalue weighted by Gasteiger charge is -2.31. The maximum atomic E-state index is 13.8. The molecule has 4 N–H and O–H groups in total. The van der Waals surface area contributed by atoms with Gasteiger partial charge in [-0.25, -0.2) is 9.18 Å². The van der Waals surface area contributed by atoms with Gasteiger partial charge in [-0.1, -0.05) is 12.1 Å². The monoisotopic (exact) mass is 488 g/mol. The number of amides is 2. The van der Waals surface area contributed by atoms with Crippen LogP contribution in [0.5, 0.6) is 0 Å². The summed E-state index contributed by atoms with van der Waals surface area (Å²) in [5, 5.41) is 16.1. The molecule has 0 radical (unpaired) electrons. The Morgan fingerprint density at radius 2 is 1.83 bits per heavy atom. The van der Waals surface area contributed by atoms with Crippen molar-refractivity contribution in [3.63, 3.8) is 0 Å². The highest BCUT2D eigenvalue weighted by Crippen LogP contribution is 2.42. The summed E-state index contributed by atoms with van der Waals surface area (Å²) in [5.74, 6) is -4.99. The largest absolute Gasteiger partial charge is 0.478 e. The summed E-state index contributed by atoms with van der Waals surface area (Å²) in [7, 11) is 0. The Labute approximate surface area is 194 Å². The van der Waals surface area contributed by atoms with Crippen LogP contribution >= 0.6 is 0 Å². The van der Waals surface area contributed by atoms with Crippen molar-refractivity contribution in [3.05, 3.63) is 82.9 Å². The second kappa shape index (κ2) is 8.70. The number of aliphatic carboxylic acids is 1. The number of primary amides is 1. The average molecular weight is 488 g/mol. The number of nitrogens with two attached hydrogens (primary N) is 1. The van der Waals surface area contributed by atoms with E-state index in [2.05, 4.69) is 10.2 Å². The number of anilines is 1. The lowest BCUT2D eigenvalue weighted by atomic mass is 9.85. The molecule has 180 valence electrons. The molecule has 0 saturated carbocycles. The Morgan fingerprint density at radius 3 is 2.37 bits per heavy atom. The minimum Gasteiger partial charge on any atom is -0.478 e. The second-order valence-electron chi connectivity index (χ2n) is 7.71. The molecule has 4 rings (SSSR count). The van der Waals surface area contributed by atoms with Gasteiger partial charge in [-0.05, 0) is 35.9 Å². The van der Waals surface area contributed by atoms with Gasteiger partial charge in [-0.15, -0.1) is 0 Å². The normalized spacial score (nSPS) is 16.2.